The molecule has 2 N–H and O–H groups in total. The minimum atomic E-state index is -0.218. The molecule has 0 fully saturated rings. The van der Waals surface area contributed by atoms with Gasteiger partial charge in [0.1, 0.15) is 6.33 Å². The van der Waals surface area contributed by atoms with Gasteiger partial charge in [-0.3, -0.25) is 4.79 Å². The highest BCUT2D eigenvalue weighted by Crippen LogP contribution is 2.34. The molecule has 0 saturated heterocycles. The molecule has 29 heavy (non-hydrogen) atoms. The van der Waals surface area contributed by atoms with Crippen molar-refractivity contribution in [2.75, 3.05) is 10.6 Å². The van der Waals surface area contributed by atoms with Crippen molar-refractivity contribution in [3.63, 3.8) is 0 Å². The van der Waals surface area contributed by atoms with Crippen LogP contribution in [0.15, 0.2) is 67.0 Å². The van der Waals surface area contributed by atoms with E-state index in [-0.39, 0.29) is 5.91 Å². The van der Waals surface area contributed by atoms with E-state index in [1.807, 2.05) is 36.4 Å². The maximum absolute atomic E-state index is 12.2. The predicted octanol–water partition coefficient (Wildman–Crippen LogP) is 6.39. The highest BCUT2D eigenvalue weighted by molar-refractivity contribution is 7.23. The second-order valence-corrected chi connectivity index (χ2v) is 7.99. The van der Waals surface area contributed by atoms with E-state index in [4.69, 9.17) is 23.2 Å². The van der Waals surface area contributed by atoms with Gasteiger partial charge in [0.05, 0.1) is 15.2 Å². The van der Waals surface area contributed by atoms with Crippen LogP contribution in [0.2, 0.25) is 10.0 Å². The van der Waals surface area contributed by atoms with Crippen LogP contribution in [0, 0.1) is 0 Å². The second kappa shape index (κ2) is 8.61. The first-order chi connectivity index (χ1) is 14.1. The molecule has 2 aromatic heterocycles. The summed E-state index contributed by atoms with van der Waals surface area (Å²) in [5, 5.41) is 7.79. The highest BCUT2D eigenvalue weighted by atomic mass is 35.5. The van der Waals surface area contributed by atoms with Gasteiger partial charge in [0, 0.05) is 21.8 Å². The number of hydrogen-bond donors (Lipinski definition) is 2. The Bertz CT molecular complexity index is 1190. The molecule has 1 amide bonds. The van der Waals surface area contributed by atoms with Gasteiger partial charge in [-0.2, -0.15) is 0 Å². The summed E-state index contributed by atoms with van der Waals surface area (Å²) >= 11 is 13.5. The third-order valence-electron chi connectivity index (χ3n) is 3.91. The van der Waals surface area contributed by atoms with Crippen LogP contribution in [0.1, 0.15) is 5.56 Å². The second-order valence-electron chi connectivity index (χ2n) is 6.06. The van der Waals surface area contributed by atoms with E-state index >= 15 is 0 Å². The molecule has 2 aromatic carbocycles. The number of anilines is 3. The molecule has 0 radical (unpaired) electrons. The minimum Gasteiger partial charge on any atom is -0.339 e. The lowest BCUT2D eigenvalue weighted by atomic mass is 10.2. The zero-order valence-corrected chi connectivity index (χ0v) is 17.2. The SMILES string of the molecule is O=C(/C=C/c1ccccc1)Nc1cc2ncnc(Nc3cc(Cl)cc(Cl)c3)c2s1. The summed E-state index contributed by atoms with van der Waals surface area (Å²) in [7, 11) is 0. The van der Waals surface area contributed by atoms with Gasteiger partial charge in [0.25, 0.3) is 0 Å². The molecular formula is C21H14Cl2N4OS. The third kappa shape index (κ3) is 4.92. The van der Waals surface area contributed by atoms with Gasteiger partial charge in [0.2, 0.25) is 5.91 Å². The number of rotatable bonds is 5. The van der Waals surface area contributed by atoms with Gasteiger partial charge in [0.15, 0.2) is 5.82 Å². The molecule has 0 saturated carbocycles. The first-order valence-corrected chi connectivity index (χ1v) is 10.2. The number of aromatic nitrogens is 2. The summed E-state index contributed by atoms with van der Waals surface area (Å²) < 4.78 is 0.811. The molecule has 0 aliphatic carbocycles. The van der Waals surface area contributed by atoms with Crippen molar-refractivity contribution in [3.8, 4) is 0 Å². The van der Waals surface area contributed by atoms with E-state index in [2.05, 4.69) is 20.6 Å². The molecule has 0 bridgehead atoms. The summed E-state index contributed by atoms with van der Waals surface area (Å²) in [6.07, 6.45) is 4.72. The number of nitrogens with one attached hydrogen (secondary N) is 2. The Morgan fingerprint density at radius 2 is 1.76 bits per heavy atom. The number of fused-ring (bicyclic) bond motifs is 1. The predicted molar refractivity (Wildman–Crippen MR) is 121 cm³/mol. The van der Waals surface area contributed by atoms with Crippen LogP contribution in [0.3, 0.4) is 0 Å². The Morgan fingerprint density at radius 3 is 2.52 bits per heavy atom. The number of amides is 1. The number of thiophene rings is 1. The normalized spacial score (nSPS) is 11.1. The van der Waals surface area contributed by atoms with Crippen molar-refractivity contribution in [2.45, 2.75) is 0 Å². The summed E-state index contributed by atoms with van der Waals surface area (Å²) in [4.78, 5) is 20.8. The lowest BCUT2D eigenvalue weighted by molar-refractivity contribution is -0.111. The first-order valence-electron chi connectivity index (χ1n) is 8.58. The molecule has 4 rings (SSSR count). The lowest BCUT2D eigenvalue weighted by Crippen LogP contribution is -2.05. The average molecular weight is 441 g/mol. The molecule has 0 unspecified atom stereocenters. The van der Waals surface area contributed by atoms with E-state index in [9.17, 15) is 4.79 Å². The standard InChI is InChI=1S/C21H14Cl2N4OS/c22-14-8-15(23)10-16(9-14)26-21-20-17(24-12-25-21)11-19(29-20)27-18(28)7-6-13-4-2-1-3-5-13/h1-12H,(H,27,28)(H,24,25,26)/b7-6+. The van der Waals surface area contributed by atoms with Gasteiger partial charge >= 0.3 is 0 Å². The van der Waals surface area contributed by atoms with E-state index in [0.29, 0.717) is 26.6 Å². The molecular weight excluding hydrogens is 427 g/mol. The fraction of sp³-hybridized carbons (Fsp3) is 0. The topological polar surface area (TPSA) is 66.9 Å². The summed E-state index contributed by atoms with van der Waals surface area (Å²) in [5.41, 5.74) is 2.40. The number of halogens is 2. The van der Waals surface area contributed by atoms with Gasteiger partial charge in [-0.1, -0.05) is 53.5 Å². The lowest BCUT2D eigenvalue weighted by Gasteiger charge is -2.07. The van der Waals surface area contributed by atoms with E-state index in [1.54, 1.807) is 24.3 Å². The van der Waals surface area contributed by atoms with Crippen LogP contribution >= 0.6 is 34.5 Å². The molecule has 0 spiro atoms. The molecule has 144 valence electrons. The zero-order chi connectivity index (χ0) is 20.2. The average Bonchev–Trinajstić information content (AvgIpc) is 3.10. The van der Waals surface area contributed by atoms with E-state index in [1.165, 1.54) is 23.7 Å². The molecule has 0 aliphatic heterocycles. The third-order valence-corrected chi connectivity index (χ3v) is 5.39. The Kier molecular flexibility index (Phi) is 5.76. The highest BCUT2D eigenvalue weighted by Gasteiger charge is 2.11. The fourth-order valence-corrected chi connectivity index (χ4v) is 4.15. The molecule has 5 nitrogen and oxygen atoms in total. The maximum Gasteiger partial charge on any atom is 0.248 e. The van der Waals surface area contributed by atoms with Crippen LogP contribution in [0.4, 0.5) is 16.5 Å². The van der Waals surface area contributed by atoms with Gasteiger partial charge < -0.3 is 10.6 Å². The monoisotopic (exact) mass is 440 g/mol. The number of nitrogens with zero attached hydrogens (tertiary/aromatic N) is 2. The smallest absolute Gasteiger partial charge is 0.248 e. The van der Waals surface area contributed by atoms with Gasteiger partial charge in [-0.25, -0.2) is 9.97 Å². The van der Waals surface area contributed by atoms with Crippen LogP contribution in [0.5, 0.6) is 0 Å². The van der Waals surface area contributed by atoms with Crippen LogP contribution in [-0.2, 0) is 4.79 Å². The van der Waals surface area contributed by atoms with Crippen molar-refractivity contribution < 1.29 is 4.79 Å². The van der Waals surface area contributed by atoms with Crippen molar-refractivity contribution in [2.24, 2.45) is 0 Å². The number of hydrogen-bond acceptors (Lipinski definition) is 5. The molecule has 0 aliphatic rings. The Balaban J connectivity index is 1.54. The molecule has 8 heteroatoms. The largest absolute Gasteiger partial charge is 0.339 e. The summed E-state index contributed by atoms with van der Waals surface area (Å²) in [6, 6.07) is 16.6. The minimum absolute atomic E-state index is 0.218. The quantitative estimate of drug-likeness (QED) is 0.352. The Labute approximate surface area is 181 Å². The number of benzene rings is 2. The maximum atomic E-state index is 12.2. The molecule has 4 aromatic rings. The zero-order valence-electron chi connectivity index (χ0n) is 14.9. The summed E-state index contributed by atoms with van der Waals surface area (Å²) in [5.74, 6) is 0.392. The molecule has 2 heterocycles. The summed E-state index contributed by atoms with van der Waals surface area (Å²) in [6.45, 7) is 0. The van der Waals surface area contributed by atoms with Crippen LogP contribution < -0.4 is 10.6 Å². The number of carbonyl (C=O) groups excluding carboxylic acids is 1. The van der Waals surface area contributed by atoms with E-state index in [0.717, 1.165) is 15.8 Å². The Morgan fingerprint density at radius 1 is 1.00 bits per heavy atom. The fourth-order valence-electron chi connectivity index (χ4n) is 2.67. The van der Waals surface area contributed by atoms with Crippen molar-refractivity contribution in [3.05, 3.63) is 82.6 Å². The first kappa shape index (κ1) is 19.4. The van der Waals surface area contributed by atoms with Crippen molar-refractivity contribution in [1.29, 1.82) is 0 Å². The van der Waals surface area contributed by atoms with Gasteiger partial charge in [-0.05, 0) is 35.9 Å². The van der Waals surface area contributed by atoms with Crippen LogP contribution in [0.25, 0.3) is 16.3 Å². The Hall–Kier alpha value is -2.93. The van der Waals surface area contributed by atoms with Crippen LogP contribution in [-0.4, -0.2) is 15.9 Å². The van der Waals surface area contributed by atoms with E-state index < -0.39 is 0 Å². The van der Waals surface area contributed by atoms with Crippen molar-refractivity contribution in [1.82, 2.24) is 9.97 Å². The van der Waals surface area contributed by atoms with Gasteiger partial charge in [-0.15, -0.1) is 11.3 Å². The van der Waals surface area contributed by atoms with Crippen molar-refractivity contribution >= 4 is 73.2 Å². The molecule has 0 atom stereocenters. The number of carbonyl (C=O) groups is 1.